The molecule has 21 heavy (non-hydrogen) atoms. The van der Waals surface area contributed by atoms with E-state index in [0.29, 0.717) is 17.2 Å². The lowest BCUT2D eigenvalue weighted by molar-refractivity contribution is 0.0656. The molecule has 1 N–H and O–H groups in total. The summed E-state index contributed by atoms with van der Waals surface area (Å²) >= 11 is 6.16. The fourth-order valence-electron chi connectivity index (χ4n) is 2.65. The van der Waals surface area contributed by atoms with Gasteiger partial charge in [-0.05, 0) is 36.8 Å². The first-order chi connectivity index (χ1) is 10.1. The van der Waals surface area contributed by atoms with E-state index in [1.165, 1.54) is 0 Å². The van der Waals surface area contributed by atoms with Gasteiger partial charge in [0.1, 0.15) is 17.6 Å². The van der Waals surface area contributed by atoms with Gasteiger partial charge < -0.3 is 14.6 Å². The summed E-state index contributed by atoms with van der Waals surface area (Å²) in [6.45, 7) is 2.00. The number of aliphatic hydroxyl groups is 1. The molecular weight excluding hydrogens is 288 g/mol. The molecule has 0 bridgehead atoms. The molecule has 0 aliphatic carbocycles. The highest BCUT2D eigenvalue weighted by Crippen LogP contribution is 2.42. The van der Waals surface area contributed by atoms with E-state index in [1.807, 2.05) is 43.3 Å². The summed E-state index contributed by atoms with van der Waals surface area (Å²) in [6.07, 6.45) is -0.225. The minimum absolute atomic E-state index is 0.210. The van der Waals surface area contributed by atoms with E-state index in [9.17, 15) is 5.11 Å². The maximum Gasteiger partial charge on any atom is 0.137 e. The third-order valence-corrected chi connectivity index (χ3v) is 4.07. The van der Waals surface area contributed by atoms with Gasteiger partial charge in [0.2, 0.25) is 0 Å². The van der Waals surface area contributed by atoms with Crippen LogP contribution in [0, 0.1) is 6.92 Å². The predicted molar refractivity (Wildman–Crippen MR) is 82.1 cm³/mol. The highest BCUT2D eigenvalue weighted by Gasteiger charge is 2.28. The van der Waals surface area contributed by atoms with Gasteiger partial charge >= 0.3 is 0 Å². The van der Waals surface area contributed by atoms with E-state index < -0.39 is 6.10 Å². The Morgan fingerprint density at radius 2 is 2.05 bits per heavy atom. The van der Waals surface area contributed by atoms with Gasteiger partial charge in [-0.25, -0.2) is 0 Å². The number of ether oxygens (including phenoxy) is 2. The van der Waals surface area contributed by atoms with Gasteiger partial charge in [-0.3, -0.25) is 0 Å². The zero-order chi connectivity index (χ0) is 15.0. The molecule has 0 fully saturated rings. The second-order valence-electron chi connectivity index (χ2n) is 5.29. The Morgan fingerprint density at radius 3 is 2.76 bits per heavy atom. The normalized spacial score (nSPS) is 20.6. The Hall–Kier alpha value is -1.71. The number of methoxy groups -OCH3 is 1. The van der Waals surface area contributed by atoms with Crippen molar-refractivity contribution >= 4 is 11.6 Å². The predicted octanol–water partition coefficient (Wildman–Crippen LogP) is 4.21. The molecule has 0 saturated heterocycles. The lowest BCUT2D eigenvalue weighted by Gasteiger charge is -2.30. The Labute approximate surface area is 129 Å². The summed E-state index contributed by atoms with van der Waals surface area (Å²) in [6, 6.07) is 11.4. The van der Waals surface area contributed by atoms with Crippen LogP contribution in [0.5, 0.6) is 11.5 Å². The van der Waals surface area contributed by atoms with Gasteiger partial charge in [-0.1, -0.05) is 29.3 Å². The second kappa shape index (κ2) is 5.58. The van der Waals surface area contributed by atoms with E-state index in [2.05, 4.69) is 0 Å². The van der Waals surface area contributed by atoms with Crippen molar-refractivity contribution in [2.24, 2.45) is 0 Å². The van der Waals surface area contributed by atoms with Crippen molar-refractivity contribution in [2.75, 3.05) is 7.11 Å². The van der Waals surface area contributed by atoms with E-state index >= 15 is 0 Å². The summed E-state index contributed by atoms with van der Waals surface area (Å²) in [7, 11) is 1.58. The Kier molecular flexibility index (Phi) is 3.79. The molecule has 4 heteroatoms. The molecule has 0 aromatic heterocycles. The van der Waals surface area contributed by atoms with Crippen molar-refractivity contribution in [1.82, 2.24) is 0 Å². The number of aryl methyl sites for hydroxylation is 1. The molecule has 2 aromatic carbocycles. The molecule has 0 saturated carbocycles. The second-order valence-corrected chi connectivity index (χ2v) is 5.70. The molecule has 110 valence electrons. The molecule has 3 rings (SSSR count). The highest BCUT2D eigenvalue weighted by molar-refractivity contribution is 6.32. The van der Waals surface area contributed by atoms with E-state index in [0.717, 1.165) is 22.4 Å². The first-order valence-electron chi connectivity index (χ1n) is 6.87. The summed E-state index contributed by atoms with van der Waals surface area (Å²) < 4.78 is 11.2. The molecule has 2 aromatic rings. The SMILES string of the molecule is COc1ccc(C2C[C@H](O)c3cc(C)ccc3O2)cc1Cl. The topological polar surface area (TPSA) is 38.7 Å². The molecule has 2 atom stereocenters. The zero-order valence-corrected chi connectivity index (χ0v) is 12.7. The van der Waals surface area contributed by atoms with E-state index in [-0.39, 0.29) is 6.10 Å². The molecule has 3 nitrogen and oxygen atoms in total. The van der Waals surface area contributed by atoms with Crippen LogP contribution in [0.1, 0.15) is 35.3 Å². The van der Waals surface area contributed by atoms with Crippen LogP contribution in [0.25, 0.3) is 0 Å². The fraction of sp³-hybridized carbons (Fsp3) is 0.294. The zero-order valence-electron chi connectivity index (χ0n) is 12.0. The highest BCUT2D eigenvalue weighted by atomic mass is 35.5. The molecular formula is C17H17ClO3. The summed E-state index contributed by atoms with van der Waals surface area (Å²) in [5, 5.41) is 10.9. The van der Waals surface area contributed by atoms with Crippen LogP contribution in [0.2, 0.25) is 5.02 Å². The van der Waals surface area contributed by atoms with Crippen molar-refractivity contribution in [3.8, 4) is 11.5 Å². The Morgan fingerprint density at radius 1 is 1.24 bits per heavy atom. The van der Waals surface area contributed by atoms with Crippen LogP contribution >= 0.6 is 11.6 Å². The number of benzene rings is 2. The third kappa shape index (κ3) is 2.71. The van der Waals surface area contributed by atoms with Crippen LogP contribution < -0.4 is 9.47 Å². The maximum atomic E-state index is 10.3. The number of hydrogen-bond acceptors (Lipinski definition) is 3. The van der Waals surface area contributed by atoms with Crippen LogP contribution in [0.15, 0.2) is 36.4 Å². The number of aliphatic hydroxyl groups excluding tert-OH is 1. The van der Waals surface area contributed by atoms with Gasteiger partial charge in [-0.15, -0.1) is 0 Å². The number of rotatable bonds is 2. The lowest BCUT2D eigenvalue weighted by Crippen LogP contribution is -2.19. The fourth-order valence-corrected chi connectivity index (χ4v) is 2.92. The first-order valence-corrected chi connectivity index (χ1v) is 7.25. The minimum Gasteiger partial charge on any atom is -0.495 e. The average Bonchev–Trinajstić information content (AvgIpc) is 2.47. The average molecular weight is 305 g/mol. The van der Waals surface area contributed by atoms with Crippen LogP contribution in [0.3, 0.4) is 0 Å². The Balaban J connectivity index is 1.92. The minimum atomic E-state index is -0.528. The molecule has 0 radical (unpaired) electrons. The van der Waals surface area contributed by atoms with Gasteiger partial charge in [0.15, 0.2) is 0 Å². The van der Waals surface area contributed by atoms with Gasteiger partial charge in [0, 0.05) is 12.0 Å². The van der Waals surface area contributed by atoms with E-state index in [4.69, 9.17) is 21.1 Å². The van der Waals surface area contributed by atoms with Crippen molar-refractivity contribution < 1.29 is 14.6 Å². The van der Waals surface area contributed by atoms with Crippen LogP contribution in [-0.4, -0.2) is 12.2 Å². The summed E-state index contributed by atoms with van der Waals surface area (Å²) in [5.41, 5.74) is 2.90. The number of hydrogen-bond donors (Lipinski definition) is 1. The number of halogens is 1. The third-order valence-electron chi connectivity index (χ3n) is 3.78. The molecule has 1 aliphatic rings. The molecule has 0 spiro atoms. The number of fused-ring (bicyclic) bond motifs is 1. The molecule has 0 amide bonds. The monoisotopic (exact) mass is 304 g/mol. The first kappa shape index (κ1) is 14.2. The van der Waals surface area contributed by atoms with E-state index in [1.54, 1.807) is 7.11 Å². The van der Waals surface area contributed by atoms with Crippen molar-refractivity contribution in [1.29, 1.82) is 0 Å². The lowest BCUT2D eigenvalue weighted by atomic mass is 9.94. The standard InChI is InChI=1S/C17H17ClO3/c1-10-3-5-15-12(7-10)14(19)9-17(21-15)11-4-6-16(20-2)13(18)8-11/h3-8,14,17,19H,9H2,1-2H3/t14-,17?/m0/s1. The molecule has 1 unspecified atom stereocenters. The Bertz CT molecular complexity index is 669. The van der Waals surface area contributed by atoms with Crippen molar-refractivity contribution in [2.45, 2.75) is 25.6 Å². The quantitative estimate of drug-likeness (QED) is 0.903. The van der Waals surface area contributed by atoms with Gasteiger partial charge in [-0.2, -0.15) is 0 Å². The largest absolute Gasteiger partial charge is 0.495 e. The summed E-state index contributed by atoms with van der Waals surface area (Å²) in [5.74, 6) is 1.36. The van der Waals surface area contributed by atoms with Crippen LogP contribution in [0.4, 0.5) is 0 Å². The maximum absolute atomic E-state index is 10.3. The van der Waals surface area contributed by atoms with Gasteiger partial charge in [0.05, 0.1) is 18.2 Å². The van der Waals surface area contributed by atoms with Gasteiger partial charge in [0.25, 0.3) is 0 Å². The molecule has 1 heterocycles. The smallest absolute Gasteiger partial charge is 0.137 e. The summed E-state index contributed by atoms with van der Waals surface area (Å²) in [4.78, 5) is 0. The van der Waals surface area contributed by atoms with Crippen molar-refractivity contribution in [3.05, 3.63) is 58.1 Å². The molecule has 1 aliphatic heterocycles. The van der Waals surface area contributed by atoms with Crippen molar-refractivity contribution in [3.63, 3.8) is 0 Å². The van der Waals surface area contributed by atoms with Crippen LogP contribution in [-0.2, 0) is 0 Å².